The van der Waals surface area contributed by atoms with Gasteiger partial charge in [0.15, 0.2) is 0 Å². The molecule has 2 aromatic carbocycles. The van der Waals surface area contributed by atoms with Crippen molar-refractivity contribution in [3.05, 3.63) is 89.7 Å². The molecular formula is C27H33N3O4S. The minimum Gasteiger partial charge on any atom is -0.489 e. The summed E-state index contributed by atoms with van der Waals surface area (Å²) in [5.74, 6) is 1.38. The predicted octanol–water partition coefficient (Wildman–Crippen LogP) is 5.12. The van der Waals surface area contributed by atoms with Crippen molar-refractivity contribution in [3.8, 4) is 5.75 Å². The highest BCUT2D eigenvalue weighted by atomic mass is 32.2. The molecule has 1 saturated carbocycles. The van der Waals surface area contributed by atoms with Crippen LogP contribution in [0.1, 0.15) is 48.4 Å². The van der Waals surface area contributed by atoms with Gasteiger partial charge in [0.05, 0.1) is 24.1 Å². The number of ether oxygens (including phenoxy) is 2. The molecule has 35 heavy (non-hydrogen) atoms. The summed E-state index contributed by atoms with van der Waals surface area (Å²) in [5.41, 5.74) is 3.49. The molecule has 1 aliphatic rings. The van der Waals surface area contributed by atoms with Gasteiger partial charge in [0.1, 0.15) is 12.4 Å². The Hall–Kier alpha value is -2.94. The number of pyridine rings is 1. The molecule has 1 fully saturated rings. The van der Waals surface area contributed by atoms with Crippen molar-refractivity contribution in [3.63, 3.8) is 0 Å². The van der Waals surface area contributed by atoms with Gasteiger partial charge in [-0.3, -0.25) is 9.71 Å². The van der Waals surface area contributed by atoms with Gasteiger partial charge < -0.3 is 9.47 Å². The van der Waals surface area contributed by atoms with E-state index in [0.29, 0.717) is 23.9 Å². The Bertz CT molecular complexity index is 1190. The van der Waals surface area contributed by atoms with E-state index < -0.39 is 10.2 Å². The number of anilines is 1. The predicted molar refractivity (Wildman–Crippen MR) is 137 cm³/mol. The summed E-state index contributed by atoms with van der Waals surface area (Å²) in [7, 11) is -0.632. The van der Waals surface area contributed by atoms with Crippen molar-refractivity contribution >= 4 is 15.9 Å². The summed E-state index contributed by atoms with van der Waals surface area (Å²) in [6.07, 6.45) is 5.75. The van der Waals surface area contributed by atoms with Crippen LogP contribution in [0.2, 0.25) is 0 Å². The first-order valence-electron chi connectivity index (χ1n) is 11.9. The highest BCUT2D eigenvalue weighted by molar-refractivity contribution is 7.90. The van der Waals surface area contributed by atoms with Gasteiger partial charge in [-0.15, -0.1) is 0 Å². The van der Waals surface area contributed by atoms with Crippen LogP contribution in [0.15, 0.2) is 72.9 Å². The lowest BCUT2D eigenvalue weighted by molar-refractivity contribution is 0.0120. The number of hydrogen-bond acceptors (Lipinski definition) is 5. The summed E-state index contributed by atoms with van der Waals surface area (Å²) in [5, 5.41) is 0. The van der Waals surface area contributed by atoms with Crippen LogP contribution < -0.4 is 9.46 Å². The summed E-state index contributed by atoms with van der Waals surface area (Å²) >= 11 is 0. The van der Waals surface area contributed by atoms with Gasteiger partial charge in [0.25, 0.3) is 0 Å². The third kappa shape index (κ3) is 7.04. The summed E-state index contributed by atoms with van der Waals surface area (Å²) in [4.78, 5) is 4.33. The number of rotatable bonds is 10. The average Bonchev–Trinajstić information content (AvgIpc) is 2.88. The van der Waals surface area contributed by atoms with Crippen LogP contribution in [-0.2, 0) is 28.2 Å². The molecule has 1 aromatic heterocycles. The summed E-state index contributed by atoms with van der Waals surface area (Å²) in [6.45, 7) is 0.829. The van der Waals surface area contributed by atoms with Crippen molar-refractivity contribution in [2.45, 2.75) is 50.9 Å². The smallest absolute Gasteiger partial charge is 0.301 e. The van der Waals surface area contributed by atoms with E-state index in [9.17, 15) is 8.42 Å². The van der Waals surface area contributed by atoms with Gasteiger partial charge in [-0.2, -0.15) is 12.7 Å². The zero-order valence-electron chi connectivity index (χ0n) is 20.3. The molecule has 0 saturated heterocycles. The first kappa shape index (κ1) is 25.2. The number of nitrogens with one attached hydrogen (secondary N) is 1. The number of nitrogens with zero attached hydrogens (tertiary/aromatic N) is 2. The zero-order valence-corrected chi connectivity index (χ0v) is 21.1. The quantitative estimate of drug-likeness (QED) is 0.422. The fourth-order valence-corrected chi connectivity index (χ4v) is 4.88. The molecule has 1 N–H and O–H groups in total. The second-order valence-corrected chi connectivity index (χ2v) is 10.9. The van der Waals surface area contributed by atoms with Crippen molar-refractivity contribution in [2.75, 3.05) is 18.8 Å². The lowest BCUT2D eigenvalue weighted by Crippen LogP contribution is -2.29. The Morgan fingerprint density at radius 1 is 0.943 bits per heavy atom. The molecule has 8 heteroatoms. The van der Waals surface area contributed by atoms with Crippen molar-refractivity contribution in [1.82, 2.24) is 9.29 Å². The monoisotopic (exact) mass is 495 g/mol. The second-order valence-electron chi connectivity index (χ2n) is 9.02. The van der Waals surface area contributed by atoms with Gasteiger partial charge in [0.2, 0.25) is 0 Å². The molecule has 3 aromatic rings. The molecule has 0 amide bonds. The Morgan fingerprint density at radius 3 is 2.46 bits per heavy atom. The summed E-state index contributed by atoms with van der Waals surface area (Å²) < 4.78 is 40.3. The zero-order chi connectivity index (χ0) is 24.7. The van der Waals surface area contributed by atoms with Gasteiger partial charge in [-0.05, 0) is 67.0 Å². The third-order valence-corrected chi connectivity index (χ3v) is 7.76. The average molecular weight is 496 g/mol. The maximum atomic E-state index is 12.2. The Kier molecular flexibility index (Phi) is 8.38. The number of aromatic nitrogens is 1. The van der Waals surface area contributed by atoms with E-state index in [-0.39, 0.29) is 12.7 Å². The van der Waals surface area contributed by atoms with E-state index in [1.807, 2.05) is 24.3 Å². The molecule has 0 bridgehead atoms. The van der Waals surface area contributed by atoms with Gasteiger partial charge in [0, 0.05) is 20.3 Å². The van der Waals surface area contributed by atoms with Crippen molar-refractivity contribution in [1.29, 1.82) is 0 Å². The normalized spacial score (nSPS) is 18.4. The molecule has 1 aliphatic carbocycles. The van der Waals surface area contributed by atoms with Crippen LogP contribution in [-0.4, -0.2) is 37.9 Å². The van der Waals surface area contributed by atoms with Crippen LogP contribution in [0.4, 0.5) is 5.69 Å². The Labute approximate surface area is 208 Å². The molecule has 0 atom stereocenters. The fourth-order valence-electron chi connectivity index (χ4n) is 4.23. The Morgan fingerprint density at radius 2 is 1.71 bits per heavy atom. The first-order valence-corrected chi connectivity index (χ1v) is 13.4. The molecule has 0 aliphatic heterocycles. The molecule has 0 radical (unpaired) electrons. The van der Waals surface area contributed by atoms with E-state index in [1.165, 1.54) is 19.7 Å². The fraction of sp³-hybridized carbons (Fsp3) is 0.370. The van der Waals surface area contributed by atoms with Crippen LogP contribution in [0, 0.1) is 0 Å². The van der Waals surface area contributed by atoms with E-state index in [1.54, 1.807) is 18.3 Å². The molecular weight excluding hydrogens is 462 g/mol. The maximum absolute atomic E-state index is 12.2. The number of benzene rings is 2. The third-order valence-electron chi connectivity index (χ3n) is 6.32. The lowest BCUT2D eigenvalue weighted by Gasteiger charge is -2.29. The second kappa shape index (κ2) is 11.7. The minimum absolute atomic E-state index is 0.129. The minimum atomic E-state index is -3.60. The van der Waals surface area contributed by atoms with Gasteiger partial charge in [-0.25, -0.2) is 0 Å². The van der Waals surface area contributed by atoms with E-state index in [0.717, 1.165) is 41.3 Å². The standard InChI is InChI=1S/C27H33N3O4S/c1-30(2)35(31,32)29-26-12-7-17-28-27(26)20-34-24-15-13-22(14-16-24)23-10-6-11-25(18-23)33-19-21-8-4-3-5-9-21/h3-12,17-18,22,24,29H,13-16,19-20H2,1-2H3. The van der Waals surface area contributed by atoms with E-state index in [4.69, 9.17) is 9.47 Å². The van der Waals surface area contributed by atoms with Crippen molar-refractivity contribution in [2.24, 2.45) is 0 Å². The van der Waals surface area contributed by atoms with Crippen LogP contribution in [0.25, 0.3) is 0 Å². The number of hydrogen-bond donors (Lipinski definition) is 1. The van der Waals surface area contributed by atoms with Crippen LogP contribution >= 0.6 is 0 Å². The van der Waals surface area contributed by atoms with Gasteiger partial charge >= 0.3 is 10.2 Å². The summed E-state index contributed by atoms with van der Waals surface area (Å²) in [6, 6.07) is 22.0. The molecule has 0 spiro atoms. The first-order chi connectivity index (χ1) is 16.9. The molecule has 1 heterocycles. The Balaban J connectivity index is 1.29. The molecule has 0 unspecified atom stereocenters. The van der Waals surface area contributed by atoms with E-state index >= 15 is 0 Å². The topological polar surface area (TPSA) is 80.8 Å². The maximum Gasteiger partial charge on any atom is 0.301 e. The van der Waals surface area contributed by atoms with Crippen LogP contribution in [0.5, 0.6) is 5.75 Å². The van der Waals surface area contributed by atoms with E-state index in [2.05, 4.69) is 40.0 Å². The highest BCUT2D eigenvalue weighted by Gasteiger charge is 2.24. The molecule has 7 nitrogen and oxygen atoms in total. The van der Waals surface area contributed by atoms with Gasteiger partial charge in [-0.1, -0.05) is 42.5 Å². The van der Waals surface area contributed by atoms with Crippen molar-refractivity contribution < 1.29 is 17.9 Å². The van der Waals surface area contributed by atoms with Crippen LogP contribution in [0.3, 0.4) is 0 Å². The SMILES string of the molecule is CN(C)S(=O)(=O)Nc1cccnc1COC1CCC(c2cccc(OCc3ccccc3)c2)CC1. The molecule has 4 rings (SSSR count). The molecule has 186 valence electrons. The lowest BCUT2D eigenvalue weighted by atomic mass is 9.82. The largest absolute Gasteiger partial charge is 0.489 e. The highest BCUT2D eigenvalue weighted by Crippen LogP contribution is 2.35.